The summed E-state index contributed by atoms with van der Waals surface area (Å²) in [7, 11) is 0. The van der Waals surface area contributed by atoms with Crippen LogP contribution in [0.5, 0.6) is 0 Å². The van der Waals surface area contributed by atoms with E-state index in [0.717, 1.165) is 68.0 Å². The first kappa shape index (κ1) is 19.3. The SMILES string of the molecule is O=C(N1CCN(Cc2nc3ccccc3[nH]2)CC1)C1(c2ccccc2)CCOCC1. The summed E-state index contributed by atoms with van der Waals surface area (Å²) in [6.07, 6.45) is 1.52. The van der Waals surface area contributed by atoms with Crippen LogP contribution in [-0.4, -0.2) is 65.1 Å². The fraction of sp³-hybridized carbons (Fsp3) is 0.417. The summed E-state index contributed by atoms with van der Waals surface area (Å²) in [5.74, 6) is 1.25. The molecule has 156 valence electrons. The summed E-state index contributed by atoms with van der Waals surface area (Å²) >= 11 is 0. The molecule has 0 bridgehead atoms. The number of fused-ring (bicyclic) bond motifs is 1. The maximum absolute atomic E-state index is 13.7. The van der Waals surface area contributed by atoms with E-state index in [4.69, 9.17) is 9.72 Å². The zero-order chi connectivity index (χ0) is 20.4. The Morgan fingerprint density at radius 3 is 2.40 bits per heavy atom. The summed E-state index contributed by atoms with van der Waals surface area (Å²) in [4.78, 5) is 26.2. The molecule has 30 heavy (non-hydrogen) atoms. The van der Waals surface area contributed by atoms with Crippen LogP contribution in [0, 0.1) is 0 Å². The molecule has 6 nitrogen and oxygen atoms in total. The van der Waals surface area contributed by atoms with Crippen molar-refractivity contribution >= 4 is 16.9 Å². The van der Waals surface area contributed by atoms with Gasteiger partial charge in [0.25, 0.3) is 0 Å². The molecule has 2 aliphatic rings. The van der Waals surface area contributed by atoms with Gasteiger partial charge in [0, 0.05) is 39.4 Å². The van der Waals surface area contributed by atoms with E-state index >= 15 is 0 Å². The van der Waals surface area contributed by atoms with Gasteiger partial charge in [0.1, 0.15) is 5.82 Å². The first-order valence-corrected chi connectivity index (χ1v) is 10.8. The predicted molar refractivity (Wildman–Crippen MR) is 116 cm³/mol. The van der Waals surface area contributed by atoms with Crippen molar-refractivity contribution in [2.75, 3.05) is 39.4 Å². The molecule has 3 heterocycles. The van der Waals surface area contributed by atoms with Gasteiger partial charge in [-0.15, -0.1) is 0 Å². The molecule has 5 rings (SSSR count). The van der Waals surface area contributed by atoms with E-state index in [-0.39, 0.29) is 5.91 Å². The second-order valence-electron chi connectivity index (χ2n) is 8.33. The minimum atomic E-state index is -0.444. The van der Waals surface area contributed by atoms with E-state index in [0.29, 0.717) is 13.2 Å². The van der Waals surface area contributed by atoms with E-state index in [9.17, 15) is 4.79 Å². The standard InChI is InChI=1S/C24H28N4O2/c29-23(24(10-16-30-17-11-24)19-6-2-1-3-7-19)28-14-12-27(13-15-28)18-22-25-20-8-4-5-9-21(20)26-22/h1-9H,10-18H2,(H,25,26). The number of H-pyrrole nitrogens is 1. The largest absolute Gasteiger partial charge is 0.381 e. The van der Waals surface area contributed by atoms with E-state index in [1.807, 2.05) is 36.4 Å². The van der Waals surface area contributed by atoms with Crippen LogP contribution in [-0.2, 0) is 21.5 Å². The molecule has 1 amide bonds. The number of hydrogen-bond acceptors (Lipinski definition) is 4. The number of nitrogens with zero attached hydrogens (tertiary/aromatic N) is 3. The molecule has 2 saturated heterocycles. The highest BCUT2D eigenvalue weighted by atomic mass is 16.5. The molecule has 2 aliphatic heterocycles. The van der Waals surface area contributed by atoms with Crippen LogP contribution in [0.1, 0.15) is 24.2 Å². The van der Waals surface area contributed by atoms with Gasteiger partial charge in [0.2, 0.25) is 5.91 Å². The number of rotatable bonds is 4. The molecule has 0 aliphatic carbocycles. The van der Waals surface area contributed by atoms with Gasteiger partial charge < -0.3 is 14.6 Å². The summed E-state index contributed by atoms with van der Waals surface area (Å²) in [6.45, 7) is 5.32. The Bertz CT molecular complexity index is 969. The van der Waals surface area contributed by atoms with Gasteiger partial charge in [0.15, 0.2) is 0 Å². The molecule has 0 unspecified atom stereocenters. The summed E-state index contributed by atoms with van der Waals surface area (Å²) in [5.41, 5.74) is 2.76. The van der Waals surface area contributed by atoms with Crippen molar-refractivity contribution in [3.8, 4) is 0 Å². The Balaban J connectivity index is 1.26. The average Bonchev–Trinajstić information content (AvgIpc) is 3.22. The summed E-state index contributed by atoms with van der Waals surface area (Å²) in [5, 5.41) is 0. The number of piperazine rings is 1. The number of carbonyl (C=O) groups excluding carboxylic acids is 1. The normalized spacial score (nSPS) is 19.8. The molecule has 2 fully saturated rings. The first-order chi connectivity index (χ1) is 14.7. The number of ether oxygens (including phenoxy) is 1. The third-order valence-electron chi connectivity index (χ3n) is 6.55. The predicted octanol–water partition coefficient (Wildman–Crippen LogP) is 2.96. The van der Waals surface area contributed by atoms with Crippen LogP contribution in [0.2, 0.25) is 0 Å². The Hall–Kier alpha value is -2.70. The molecule has 0 saturated carbocycles. The highest BCUT2D eigenvalue weighted by Crippen LogP contribution is 2.37. The second-order valence-corrected chi connectivity index (χ2v) is 8.33. The Labute approximate surface area is 176 Å². The van der Waals surface area contributed by atoms with Crippen molar-refractivity contribution in [2.24, 2.45) is 0 Å². The van der Waals surface area contributed by atoms with E-state index < -0.39 is 5.41 Å². The number of imidazole rings is 1. The molecule has 3 aromatic rings. The van der Waals surface area contributed by atoms with Gasteiger partial charge in [-0.2, -0.15) is 0 Å². The van der Waals surface area contributed by atoms with Crippen LogP contribution >= 0.6 is 0 Å². The topological polar surface area (TPSA) is 61.5 Å². The Morgan fingerprint density at radius 2 is 1.67 bits per heavy atom. The second kappa shape index (κ2) is 8.20. The fourth-order valence-corrected chi connectivity index (χ4v) is 4.81. The molecule has 0 spiro atoms. The molecule has 1 aromatic heterocycles. The highest BCUT2D eigenvalue weighted by Gasteiger charge is 2.44. The first-order valence-electron chi connectivity index (χ1n) is 10.8. The number of amides is 1. The van der Waals surface area contributed by atoms with Crippen LogP contribution < -0.4 is 0 Å². The molecule has 1 N–H and O–H groups in total. The number of nitrogens with one attached hydrogen (secondary N) is 1. The average molecular weight is 405 g/mol. The van der Waals surface area contributed by atoms with Crippen LogP contribution in [0.3, 0.4) is 0 Å². The number of aromatic nitrogens is 2. The lowest BCUT2D eigenvalue weighted by atomic mass is 9.73. The number of hydrogen-bond donors (Lipinski definition) is 1. The van der Waals surface area contributed by atoms with E-state index in [1.54, 1.807) is 0 Å². The van der Waals surface area contributed by atoms with Crippen LogP contribution in [0.15, 0.2) is 54.6 Å². The van der Waals surface area contributed by atoms with Crippen molar-refractivity contribution in [3.05, 3.63) is 66.0 Å². The zero-order valence-electron chi connectivity index (χ0n) is 17.2. The maximum Gasteiger partial charge on any atom is 0.233 e. The number of benzene rings is 2. The maximum atomic E-state index is 13.7. The van der Waals surface area contributed by atoms with Gasteiger partial charge in [0.05, 0.1) is 23.0 Å². The minimum Gasteiger partial charge on any atom is -0.381 e. The quantitative estimate of drug-likeness (QED) is 0.726. The zero-order valence-corrected chi connectivity index (χ0v) is 17.2. The van der Waals surface area contributed by atoms with E-state index in [1.165, 1.54) is 0 Å². The Morgan fingerprint density at radius 1 is 0.967 bits per heavy atom. The highest BCUT2D eigenvalue weighted by molar-refractivity contribution is 5.88. The van der Waals surface area contributed by atoms with Gasteiger partial charge in [-0.3, -0.25) is 9.69 Å². The molecule has 6 heteroatoms. The molecular formula is C24H28N4O2. The summed E-state index contributed by atoms with van der Waals surface area (Å²) < 4.78 is 5.60. The molecule has 0 atom stereocenters. The van der Waals surface area contributed by atoms with Crippen molar-refractivity contribution in [2.45, 2.75) is 24.8 Å². The fourth-order valence-electron chi connectivity index (χ4n) is 4.81. The lowest BCUT2D eigenvalue weighted by Gasteiger charge is -2.43. The monoisotopic (exact) mass is 404 g/mol. The van der Waals surface area contributed by atoms with Crippen LogP contribution in [0.25, 0.3) is 11.0 Å². The van der Waals surface area contributed by atoms with E-state index in [2.05, 4.69) is 33.0 Å². The number of aromatic amines is 1. The van der Waals surface area contributed by atoms with Crippen molar-refractivity contribution < 1.29 is 9.53 Å². The van der Waals surface area contributed by atoms with Crippen molar-refractivity contribution in [1.82, 2.24) is 19.8 Å². The van der Waals surface area contributed by atoms with Gasteiger partial charge >= 0.3 is 0 Å². The van der Waals surface area contributed by atoms with Crippen LogP contribution in [0.4, 0.5) is 0 Å². The Kier molecular flexibility index (Phi) is 5.27. The summed E-state index contributed by atoms with van der Waals surface area (Å²) in [6, 6.07) is 18.4. The van der Waals surface area contributed by atoms with Gasteiger partial charge in [-0.1, -0.05) is 42.5 Å². The third-order valence-corrected chi connectivity index (χ3v) is 6.55. The van der Waals surface area contributed by atoms with Gasteiger partial charge in [-0.05, 0) is 30.5 Å². The van der Waals surface area contributed by atoms with Crippen molar-refractivity contribution in [3.63, 3.8) is 0 Å². The smallest absolute Gasteiger partial charge is 0.233 e. The lowest BCUT2D eigenvalue weighted by molar-refractivity contribution is -0.143. The minimum absolute atomic E-state index is 0.264. The molecule has 2 aromatic carbocycles. The lowest BCUT2D eigenvalue weighted by Crippen LogP contribution is -2.55. The van der Waals surface area contributed by atoms with Crippen molar-refractivity contribution in [1.29, 1.82) is 0 Å². The number of para-hydroxylation sites is 2. The molecule has 0 radical (unpaired) electrons. The number of carbonyl (C=O) groups is 1. The van der Waals surface area contributed by atoms with Gasteiger partial charge in [-0.25, -0.2) is 4.98 Å². The third kappa shape index (κ3) is 3.61. The molecular weight excluding hydrogens is 376 g/mol.